The van der Waals surface area contributed by atoms with Crippen molar-refractivity contribution in [3.8, 4) is 0 Å². The van der Waals surface area contributed by atoms with Gasteiger partial charge in [-0.05, 0) is 6.42 Å². The second kappa shape index (κ2) is 2.75. The first kappa shape index (κ1) is 7.81. The van der Waals surface area contributed by atoms with Crippen LogP contribution < -0.4 is 0 Å². The predicted molar refractivity (Wildman–Crippen MR) is 28.2 cm³/mol. The zero-order chi connectivity index (χ0) is 7.61. The Labute approximate surface area is 56.5 Å². The monoisotopic (exact) mass is 155 g/mol. The Kier molecular flexibility index (Phi) is 2.15. The van der Waals surface area contributed by atoms with Gasteiger partial charge in [-0.1, -0.05) is 0 Å². The second-order valence-electron chi connectivity index (χ2n) is 2.17. The number of rotatable bonds is 1. The number of alkyl halides is 3. The van der Waals surface area contributed by atoms with Crippen LogP contribution in [0.15, 0.2) is 0 Å². The van der Waals surface area contributed by atoms with Crippen LogP contribution in [0.3, 0.4) is 0 Å². The van der Waals surface area contributed by atoms with Crippen LogP contribution in [-0.4, -0.2) is 30.9 Å². The summed E-state index contributed by atoms with van der Waals surface area (Å²) in [5, 5.41) is 0.944. The van der Waals surface area contributed by atoms with Gasteiger partial charge in [0.2, 0.25) is 0 Å². The molecule has 0 amide bonds. The molecule has 2 nitrogen and oxygen atoms in total. The van der Waals surface area contributed by atoms with Gasteiger partial charge in [0.05, 0.1) is 6.61 Å². The highest BCUT2D eigenvalue weighted by Gasteiger charge is 2.32. The molecule has 1 heterocycles. The summed E-state index contributed by atoms with van der Waals surface area (Å²) in [6, 6.07) is 0. The molecule has 0 bridgehead atoms. The predicted octanol–water partition coefficient (Wildman–Crippen LogP) is 1.19. The van der Waals surface area contributed by atoms with Crippen molar-refractivity contribution in [1.29, 1.82) is 0 Å². The summed E-state index contributed by atoms with van der Waals surface area (Å²) in [5.74, 6) is 0. The van der Waals surface area contributed by atoms with Crippen molar-refractivity contribution in [1.82, 2.24) is 5.06 Å². The van der Waals surface area contributed by atoms with E-state index >= 15 is 0 Å². The lowest BCUT2D eigenvalue weighted by Gasteiger charge is -2.14. The van der Waals surface area contributed by atoms with Gasteiger partial charge in [-0.3, -0.25) is 4.84 Å². The van der Waals surface area contributed by atoms with Gasteiger partial charge < -0.3 is 0 Å². The molecule has 0 radical (unpaired) electrons. The topological polar surface area (TPSA) is 12.5 Å². The first-order valence-corrected chi connectivity index (χ1v) is 3.02. The molecule has 1 saturated heterocycles. The highest BCUT2D eigenvalue weighted by molar-refractivity contribution is 4.58. The van der Waals surface area contributed by atoms with E-state index in [9.17, 15) is 13.2 Å². The lowest BCUT2D eigenvalue weighted by Crippen LogP contribution is -2.30. The molecule has 0 saturated carbocycles. The summed E-state index contributed by atoms with van der Waals surface area (Å²) >= 11 is 0. The van der Waals surface area contributed by atoms with Crippen LogP contribution in [-0.2, 0) is 4.84 Å². The van der Waals surface area contributed by atoms with E-state index in [4.69, 9.17) is 0 Å². The average Bonchev–Trinajstić information content (AvgIpc) is 2.12. The first-order valence-electron chi connectivity index (χ1n) is 3.02. The van der Waals surface area contributed by atoms with E-state index in [1.807, 2.05) is 0 Å². The van der Waals surface area contributed by atoms with Crippen LogP contribution in [0.25, 0.3) is 0 Å². The van der Waals surface area contributed by atoms with E-state index in [-0.39, 0.29) is 0 Å². The van der Waals surface area contributed by atoms with E-state index < -0.39 is 12.7 Å². The van der Waals surface area contributed by atoms with E-state index in [2.05, 4.69) is 4.84 Å². The van der Waals surface area contributed by atoms with E-state index in [0.717, 1.165) is 5.06 Å². The number of nitrogens with zero attached hydrogens (tertiary/aromatic N) is 1. The molecule has 0 N–H and O–H groups in total. The van der Waals surface area contributed by atoms with Crippen LogP contribution >= 0.6 is 0 Å². The van der Waals surface area contributed by atoms with E-state index in [0.29, 0.717) is 19.6 Å². The molecular weight excluding hydrogens is 147 g/mol. The van der Waals surface area contributed by atoms with Crippen LogP contribution in [0.5, 0.6) is 0 Å². The smallest absolute Gasteiger partial charge is 0.299 e. The minimum Gasteiger partial charge on any atom is -0.299 e. The number of hydroxylamine groups is 2. The summed E-state index contributed by atoms with van der Waals surface area (Å²) < 4.78 is 34.8. The maximum Gasteiger partial charge on any atom is 0.403 e. The summed E-state index contributed by atoms with van der Waals surface area (Å²) in [5.41, 5.74) is 0. The van der Waals surface area contributed by atoms with Gasteiger partial charge in [0, 0.05) is 6.54 Å². The maximum absolute atomic E-state index is 11.6. The fourth-order valence-electron chi connectivity index (χ4n) is 0.824. The number of hydrogen-bond acceptors (Lipinski definition) is 2. The normalized spacial score (nSPS) is 21.9. The number of hydrogen-bond donors (Lipinski definition) is 0. The van der Waals surface area contributed by atoms with Gasteiger partial charge in [0.1, 0.15) is 6.54 Å². The Balaban J connectivity index is 2.24. The third kappa shape index (κ3) is 2.53. The summed E-state index contributed by atoms with van der Waals surface area (Å²) in [4.78, 5) is 4.64. The quantitative estimate of drug-likeness (QED) is 0.563. The Morgan fingerprint density at radius 3 is 2.50 bits per heavy atom. The molecule has 0 aromatic carbocycles. The highest BCUT2D eigenvalue weighted by atomic mass is 19.4. The molecule has 0 atom stereocenters. The SMILES string of the molecule is FC(F)(F)CN1CCCO1. The molecule has 0 aromatic heterocycles. The van der Waals surface area contributed by atoms with Crippen molar-refractivity contribution in [3.63, 3.8) is 0 Å². The Morgan fingerprint density at radius 1 is 1.40 bits per heavy atom. The Bertz CT molecular complexity index is 108. The maximum atomic E-state index is 11.6. The first-order chi connectivity index (χ1) is 4.58. The Morgan fingerprint density at radius 2 is 2.10 bits per heavy atom. The molecule has 0 aliphatic carbocycles. The van der Waals surface area contributed by atoms with Gasteiger partial charge in [-0.15, -0.1) is 0 Å². The highest BCUT2D eigenvalue weighted by Crippen LogP contribution is 2.18. The third-order valence-corrected chi connectivity index (χ3v) is 1.18. The summed E-state index contributed by atoms with van der Waals surface area (Å²) in [6.07, 6.45) is -3.44. The van der Waals surface area contributed by atoms with Crippen molar-refractivity contribution in [2.75, 3.05) is 19.7 Å². The van der Waals surface area contributed by atoms with E-state index in [1.54, 1.807) is 0 Å². The van der Waals surface area contributed by atoms with Crippen LogP contribution in [0.4, 0.5) is 13.2 Å². The van der Waals surface area contributed by atoms with Gasteiger partial charge in [-0.2, -0.15) is 18.2 Å². The van der Waals surface area contributed by atoms with Crippen LogP contribution in [0.2, 0.25) is 0 Å². The lowest BCUT2D eigenvalue weighted by molar-refractivity contribution is -0.212. The van der Waals surface area contributed by atoms with Crippen molar-refractivity contribution in [2.24, 2.45) is 0 Å². The van der Waals surface area contributed by atoms with Gasteiger partial charge in [0.25, 0.3) is 0 Å². The van der Waals surface area contributed by atoms with Crippen molar-refractivity contribution >= 4 is 0 Å². The third-order valence-electron chi connectivity index (χ3n) is 1.18. The second-order valence-corrected chi connectivity index (χ2v) is 2.17. The van der Waals surface area contributed by atoms with Gasteiger partial charge >= 0.3 is 6.18 Å². The van der Waals surface area contributed by atoms with Gasteiger partial charge in [0.15, 0.2) is 0 Å². The summed E-state index contributed by atoms with van der Waals surface area (Å²) in [6.45, 7) is -0.150. The molecule has 5 heteroatoms. The average molecular weight is 155 g/mol. The molecular formula is C5H8F3NO. The zero-order valence-electron chi connectivity index (χ0n) is 5.32. The molecule has 1 aliphatic rings. The molecule has 0 aromatic rings. The van der Waals surface area contributed by atoms with Gasteiger partial charge in [-0.25, -0.2) is 0 Å². The van der Waals surface area contributed by atoms with Crippen molar-refractivity contribution in [3.05, 3.63) is 0 Å². The molecule has 0 spiro atoms. The number of halogens is 3. The minimum atomic E-state index is -4.13. The molecule has 1 fully saturated rings. The lowest BCUT2D eigenvalue weighted by atomic mass is 10.5. The standard InChI is InChI=1S/C5H8F3NO/c6-5(7,8)4-9-2-1-3-10-9/h1-4H2. The zero-order valence-corrected chi connectivity index (χ0v) is 5.32. The molecule has 1 rings (SSSR count). The molecule has 10 heavy (non-hydrogen) atoms. The molecule has 0 unspecified atom stereocenters. The van der Waals surface area contributed by atoms with Crippen LogP contribution in [0.1, 0.15) is 6.42 Å². The van der Waals surface area contributed by atoms with Crippen molar-refractivity contribution in [2.45, 2.75) is 12.6 Å². The fraction of sp³-hybridized carbons (Fsp3) is 1.00. The van der Waals surface area contributed by atoms with Crippen molar-refractivity contribution < 1.29 is 18.0 Å². The minimum absolute atomic E-state index is 0.388. The largest absolute Gasteiger partial charge is 0.403 e. The Hall–Kier alpha value is -0.290. The van der Waals surface area contributed by atoms with Crippen LogP contribution in [0, 0.1) is 0 Å². The fourth-order valence-corrected chi connectivity index (χ4v) is 0.824. The molecule has 1 aliphatic heterocycles. The van der Waals surface area contributed by atoms with E-state index in [1.165, 1.54) is 0 Å². The summed E-state index contributed by atoms with van der Waals surface area (Å²) in [7, 11) is 0. The molecule has 60 valence electrons.